The molecule has 158 valence electrons. The lowest BCUT2D eigenvalue weighted by Gasteiger charge is -2.37. The zero-order valence-corrected chi connectivity index (χ0v) is 19.4. The summed E-state index contributed by atoms with van der Waals surface area (Å²) in [6.45, 7) is 10.5. The third-order valence-electron chi connectivity index (χ3n) is 4.87. The highest BCUT2D eigenvalue weighted by molar-refractivity contribution is 7.98. The van der Waals surface area contributed by atoms with Crippen molar-refractivity contribution in [2.45, 2.75) is 50.7 Å². The molecule has 0 spiro atoms. The highest BCUT2D eigenvalue weighted by Crippen LogP contribution is 2.40. The number of aromatic carboxylic acids is 1. The molecule has 28 heavy (non-hydrogen) atoms. The first kappa shape index (κ1) is 24.3. The molecule has 0 saturated carbocycles. The largest absolute Gasteiger partial charge is 0.543 e. The molecule has 1 aromatic carbocycles. The Hall–Kier alpha value is -1.71. The van der Waals surface area contributed by atoms with E-state index >= 15 is 0 Å². The summed E-state index contributed by atoms with van der Waals surface area (Å²) < 4.78 is 16.3. The van der Waals surface area contributed by atoms with Gasteiger partial charge in [-0.1, -0.05) is 20.8 Å². The van der Waals surface area contributed by atoms with Gasteiger partial charge in [0.25, 0.3) is 0 Å². The number of benzene rings is 1. The van der Waals surface area contributed by atoms with Gasteiger partial charge < -0.3 is 24.7 Å². The second-order valence-corrected chi connectivity index (χ2v) is 13.7. The molecular formula is C19H31NO6SSi. The van der Waals surface area contributed by atoms with Gasteiger partial charge in [-0.2, -0.15) is 11.8 Å². The van der Waals surface area contributed by atoms with Crippen molar-refractivity contribution in [1.82, 2.24) is 0 Å². The summed E-state index contributed by atoms with van der Waals surface area (Å²) in [4.78, 5) is 23.3. The summed E-state index contributed by atoms with van der Waals surface area (Å²) >= 11 is 1.36. The highest BCUT2D eigenvalue weighted by atomic mass is 32.2. The Bertz CT molecular complexity index is 717. The van der Waals surface area contributed by atoms with Crippen LogP contribution in [0.5, 0.6) is 11.5 Å². The molecule has 0 unspecified atom stereocenters. The second kappa shape index (κ2) is 9.66. The normalized spacial score (nSPS) is 13.0. The van der Waals surface area contributed by atoms with Crippen LogP contribution in [0.25, 0.3) is 0 Å². The van der Waals surface area contributed by atoms with E-state index in [0.29, 0.717) is 28.6 Å². The molecule has 0 bridgehead atoms. The molecule has 0 heterocycles. The zero-order valence-electron chi connectivity index (χ0n) is 17.6. The number of hydrogen-bond donors (Lipinski definition) is 2. The summed E-state index contributed by atoms with van der Waals surface area (Å²) in [6.07, 6.45) is 0. The van der Waals surface area contributed by atoms with Crippen molar-refractivity contribution in [3.8, 4) is 11.5 Å². The van der Waals surface area contributed by atoms with E-state index in [1.807, 2.05) is 0 Å². The van der Waals surface area contributed by atoms with Gasteiger partial charge >= 0.3 is 11.9 Å². The first-order chi connectivity index (χ1) is 12.8. The minimum atomic E-state index is -2.21. The van der Waals surface area contributed by atoms with Crippen molar-refractivity contribution in [2.75, 3.05) is 20.0 Å². The molecule has 0 aliphatic rings. The van der Waals surface area contributed by atoms with Crippen LogP contribution in [0.4, 0.5) is 0 Å². The Labute approximate surface area is 172 Å². The van der Waals surface area contributed by atoms with Gasteiger partial charge in [0.1, 0.15) is 17.5 Å². The average Bonchev–Trinajstić information content (AvgIpc) is 2.59. The molecule has 7 nitrogen and oxygen atoms in total. The lowest BCUT2D eigenvalue weighted by Crippen LogP contribution is -2.44. The Morgan fingerprint density at radius 2 is 1.86 bits per heavy atom. The minimum absolute atomic E-state index is 0.0584. The van der Waals surface area contributed by atoms with Crippen LogP contribution in [0.2, 0.25) is 18.1 Å². The number of esters is 1. The van der Waals surface area contributed by atoms with Crippen molar-refractivity contribution in [1.29, 1.82) is 0 Å². The van der Waals surface area contributed by atoms with Crippen LogP contribution < -0.4 is 14.9 Å². The molecule has 3 N–H and O–H groups in total. The summed E-state index contributed by atoms with van der Waals surface area (Å²) in [5.74, 6) is -0.00344. The number of carbonyl (C=O) groups is 2. The number of hydrogen-bond acceptors (Lipinski definition) is 7. The summed E-state index contributed by atoms with van der Waals surface area (Å²) in [7, 11) is 0.557. The predicted molar refractivity (Wildman–Crippen MR) is 114 cm³/mol. The fraction of sp³-hybridized carbons (Fsp3) is 0.579. The Morgan fingerprint density at radius 3 is 2.32 bits per heavy atom. The Balaban J connectivity index is 3.27. The first-order valence-electron chi connectivity index (χ1n) is 8.88. The average molecular weight is 430 g/mol. The fourth-order valence-electron chi connectivity index (χ4n) is 2.10. The maximum absolute atomic E-state index is 11.8. The molecule has 1 rings (SSSR count). The van der Waals surface area contributed by atoms with Gasteiger partial charge in [-0.25, -0.2) is 4.79 Å². The van der Waals surface area contributed by atoms with Crippen LogP contribution in [0, 0.1) is 0 Å². The molecule has 0 aliphatic heterocycles. The predicted octanol–water partition coefficient (Wildman–Crippen LogP) is 3.51. The van der Waals surface area contributed by atoms with Gasteiger partial charge in [-0.3, -0.25) is 4.79 Å². The number of ether oxygens (including phenoxy) is 2. The van der Waals surface area contributed by atoms with Crippen LogP contribution in [-0.4, -0.2) is 51.4 Å². The van der Waals surface area contributed by atoms with Crippen LogP contribution in [0.3, 0.4) is 0 Å². The van der Waals surface area contributed by atoms with E-state index in [-0.39, 0.29) is 10.6 Å². The highest BCUT2D eigenvalue weighted by Gasteiger charge is 2.39. The molecular weight excluding hydrogens is 398 g/mol. The van der Waals surface area contributed by atoms with Crippen molar-refractivity contribution in [2.24, 2.45) is 5.73 Å². The van der Waals surface area contributed by atoms with E-state index in [1.54, 1.807) is 6.07 Å². The van der Waals surface area contributed by atoms with Gasteiger partial charge in [0.15, 0.2) is 0 Å². The van der Waals surface area contributed by atoms with E-state index in [4.69, 9.17) is 14.9 Å². The van der Waals surface area contributed by atoms with E-state index in [0.717, 1.165) is 0 Å². The SMILES string of the molecule is COC(=O)[C@@H](N)CSCc1c(O[Si](C)(C)C(C)(C)C)cc(OC)cc1C(=O)O. The summed E-state index contributed by atoms with van der Waals surface area (Å²) in [5.41, 5.74) is 6.45. The molecule has 0 aliphatic carbocycles. The molecule has 9 heteroatoms. The summed E-state index contributed by atoms with van der Waals surface area (Å²) in [5, 5.41) is 9.64. The zero-order chi connectivity index (χ0) is 21.7. The standard InChI is InChI=1S/C19H31NO6SSi/c1-19(2,3)28(6,7)26-16-9-12(24-4)8-13(17(21)22)14(16)10-27-11-15(20)18(23)25-5/h8-9,15H,10-11,20H2,1-7H3,(H,21,22)/t15-/m0/s1. The summed E-state index contributed by atoms with van der Waals surface area (Å²) in [6, 6.07) is 2.44. The van der Waals surface area contributed by atoms with E-state index in [2.05, 4.69) is 38.6 Å². The lowest BCUT2D eigenvalue weighted by molar-refractivity contribution is -0.141. The maximum Gasteiger partial charge on any atom is 0.336 e. The number of thioether (sulfide) groups is 1. The molecule has 0 aromatic heterocycles. The van der Waals surface area contributed by atoms with Crippen molar-refractivity contribution in [3.63, 3.8) is 0 Å². The molecule has 0 amide bonds. The van der Waals surface area contributed by atoms with Crippen molar-refractivity contribution >= 4 is 32.0 Å². The molecule has 0 radical (unpaired) electrons. The Kier molecular flexibility index (Phi) is 8.40. The van der Waals surface area contributed by atoms with Gasteiger partial charge in [-0.15, -0.1) is 0 Å². The number of carboxylic acid groups (broad SMARTS) is 1. The quantitative estimate of drug-likeness (QED) is 0.453. The molecule has 0 fully saturated rings. The number of methoxy groups -OCH3 is 2. The smallest absolute Gasteiger partial charge is 0.336 e. The number of carboxylic acids is 1. The van der Waals surface area contributed by atoms with E-state index in [9.17, 15) is 14.7 Å². The number of rotatable bonds is 9. The monoisotopic (exact) mass is 429 g/mol. The van der Waals surface area contributed by atoms with Gasteiger partial charge in [0, 0.05) is 23.1 Å². The molecule has 1 aromatic rings. The topological polar surface area (TPSA) is 108 Å². The first-order valence-corrected chi connectivity index (χ1v) is 12.9. The number of carbonyl (C=O) groups excluding carboxylic acids is 1. The molecule has 1 atom stereocenters. The van der Waals surface area contributed by atoms with Crippen LogP contribution >= 0.6 is 11.8 Å². The van der Waals surface area contributed by atoms with Gasteiger partial charge in [-0.05, 0) is 24.2 Å². The third-order valence-corrected chi connectivity index (χ3v) is 10.3. The minimum Gasteiger partial charge on any atom is -0.543 e. The fourth-order valence-corrected chi connectivity index (χ4v) is 4.15. The second-order valence-electron chi connectivity index (χ2n) is 7.96. The van der Waals surface area contributed by atoms with E-state index < -0.39 is 26.3 Å². The van der Waals surface area contributed by atoms with Gasteiger partial charge in [0.05, 0.1) is 19.8 Å². The maximum atomic E-state index is 11.8. The Morgan fingerprint density at radius 1 is 1.25 bits per heavy atom. The number of nitrogens with two attached hydrogens (primary N) is 1. The van der Waals surface area contributed by atoms with Gasteiger partial charge in [0.2, 0.25) is 8.32 Å². The molecule has 0 saturated heterocycles. The van der Waals surface area contributed by atoms with Crippen LogP contribution in [0.1, 0.15) is 36.7 Å². The lowest BCUT2D eigenvalue weighted by atomic mass is 10.1. The van der Waals surface area contributed by atoms with Crippen LogP contribution in [0.15, 0.2) is 12.1 Å². The third kappa shape index (κ3) is 6.15. The van der Waals surface area contributed by atoms with Crippen molar-refractivity contribution in [3.05, 3.63) is 23.3 Å². The van der Waals surface area contributed by atoms with Crippen LogP contribution in [-0.2, 0) is 15.3 Å². The van der Waals surface area contributed by atoms with Crippen molar-refractivity contribution < 1.29 is 28.6 Å². The van der Waals surface area contributed by atoms with E-state index in [1.165, 1.54) is 32.0 Å².